The number of nitrogens with zero attached hydrogens (tertiary/aromatic N) is 6. The van der Waals surface area contributed by atoms with Crippen molar-refractivity contribution in [3.63, 3.8) is 0 Å². The molecular weight excluding hydrogens is 528 g/mol. The van der Waals surface area contributed by atoms with Crippen LogP contribution in [0, 0.1) is 13.8 Å². The fourth-order valence-electron chi connectivity index (χ4n) is 7.32. The number of likely N-dealkylation sites (tertiary alicyclic amines) is 2. The van der Waals surface area contributed by atoms with Gasteiger partial charge in [0.05, 0.1) is 17.0 Å². The van der Waals surface area contributed by atoms with E-state index in [4.69, 9.17) is 0 Å². The number of benzene rings is 1. The summed E-state index contributed by atoms with van der Waals surface area (Å²) in [7, 11) is 0. The minimum atomic E-state index is 0.0968. The number of aryl methyl sites for hydroxylation is 2. The highest BCUT2D eigenvalue weighted by Crippen LogP contribution is 2.39. The predicted molar refractivity (Wildman–Crippen MR) is 167 cm³/mol. The third-order valence-corrected chi connectivity index (χ3v) is 11.6. The summed E-state index contributed by atoms with van der Waals surface area (Å²) in [6.07, 6.45) is 11.5. The molecule has 0 spiro atoms. The van der Waals surface area contributed by atoms with Gasteiger partial charge in [0, 0.05) is 68.7 Å². The molecule has 0 bridgehead atoms. The minimum absolute atomic E-state index is 0.0968. The van der Waals surface area contributed by atoms with E-state index in [0.717, 1.165) is 62.2 Å². The number of hydrogen-bond acceptors (Lipinski definition) is 7. The smallest absolute Gasteiger partial charge is 0.257 e. The average molecular weight is 577 g/mol. The number of rotatable bonds is 8. The van der Waals surface area contributed by atoms with E-state index in [-0.39, 0.29) is 11.4 Å². The Morgan fingerprint density at radius 2 is 1.46 bits per heavy atom. The van der Waals surface area contributed by atoms with Gasteiger partial charge in [-0.05, 0) is 77.7 Å². The quantitative estimate of drug-likeness (QED) is 0.394. The average Bonchev–Trinajstić information content (AvgIpc) is 3.81. The molecule has 4 fully saturated rings. The Balaban J connectivity index is 1.05. The maximum atomic E-state index is 13.3. The molecule has 222 valence electrons. The molecule has 4 aliphatic rings. The second-order valence-corrected chi connectivity index (χ2v) is 14.4. The molecule has 3 aliphatic heterocycles. The summed E-state index contributed by atoms with van der Waals surface area (Å²) in [5.74, 6) is 0.0968. The Labute approximate surface area is 251 Å². The summed E-state index contributed by atoms with van der Waals surface area (Å²) < 4.78 is 2.66. The molecule has 1 aromatic carbocycles. The first-order chi connectivity index (χ1) is 19.9. The monoisotopic (exact) mass is 576 g/mol. The van der Waals surface area contributed by atoms with Gasteiger partial charge in [-0.2, -0.15) is 0 Å². The van der Waals surface area contributed by atoms with E-state index in [2.05, 4.69) is 73.3 Å². The van der Waals surface area contributed by atoms with Crippen molar-refractivity contribution in [1.82, 2.24) is 29.0 Å². The van der Waals surface area contributed by atoms with Crippen LogP contribution in [-0.4, -0.2) is 97.0 Å². The molecule has 1 aliphatic carbocycles. The van der Waals surface area contributed by atoms with Crippen LogP contribution in [0.3, 0.4) is 0 Å². The highest BCUT2D eigenvalue weighted by atomic mass is 32.2. The Morgan fingerprint density at radius 3 is 2.05 bits per heavy atom. The van der Waals surface area contributed by atoms with Crippen molar-refractivity contribution in [3.05, 3.63) is 59.2 Å². The van der Waals surface area contributed by atoms with Gasteiger partial charge < -0.3 is 4.90 Å². The molecule has 0 N–H and O–H groups in total. The normalized spacial score (nSPS) is 23.3. The van der Waals surface area contributed by atoms with Crippen molar-refractivity contribution in [2.75, 3.05) is 39.3 Å². The van der Waals surface area contributed by atoms with Gasteiger partial charge in [-0.25, -0.2) is 9.97 Å². The third kappa shape index (κ3) is 6.82. The first-order valence-corrected chi connectivity index (χ1v) is 16.8. The molecule has 6 rings (SSSR count). The molecule has 4 heterocycles. The van der Waals surface area contributed by atoms with Gasteiger partial charge in [-0.3, -0.25) is 18.9 Å². The van der Waals surface area contributed by atoms with Crippen molar-refractivity contribution in [2.24, 2.45) is 0 Å². The Hall–Kier alpha value is -2.00. The lowest BCUT2D eigenvalue weighted by Gasteiger charge is -2.51. The second-order valence-electron chi connectivity index (χ2n) is 13.0. The molecule has 1 aromatic heterocycles. The summed E-state index contributed by atoms with van der Waals surface area (Å²) in [5, 5.41) is 0.906. The van der Waals surface area contributed by atoms with E-state index < -0.39 is 0 Å². The zero-order valence-electron chi connectivity index (χ0n) is 25.3. The Morgan fingerprint density at radius 1 is 0.878 bits per heavy atom. The second kappa shape index (κ2) is 12.7. The third-order valence-electron chi connectivity index (χ3n) is 10.2. The molecule has 41 heavy (non-hydrogen) atoms. The number of hydrogen-bond donors (Lipinski definition) is 0. The molecule has 0 radical (unpaired) electrons. The van der Waals surface area contributed by atoms with Gasteiger partial charge in [0.1, 0.15) is 6.33 Å². The number of carbonyl (C=O) groups is 1. The lowest BCUT2D eigenvalue weighted by molar-refractivity contribution is -0.0116. The summed E-state index contributed by atoms with van der Waals surface area (Å²) in [6.45, 7) is 13.7. The Kier molecular flexibility index (Phi) is 9.01. The van der Waals surface area contributed by atoms with Crippen molar-refractivity contribution < 1.29 is 4.79 Å². The number of piperidine rings is 3. The number of carbonyl (C=O) groups excluding carboxylic acids is 1. The Bertz CT molecular complexity index is 1150. The van der Waals surface area contributed by atoms with Crippen LogP contribution >= 0.6 is 11.9 Å². The highest BCUT2D eigenvalue weighted by Gasteiger charge is 2.41. The maximum Gasteiger partial charge on any atom is 0.257 e. The van der Waals surface area contributed by atoms with E-state index in [0.29, 0.717) is 17.6 Å². The lowest BCUT2D eigenvalue weighted by atomic mass is 9.84. The van der Waals surface area contributed by atoms with Crippen LogP contribution in [0.1, 0.15) is 85.6 Å². The van der Waals surface area contributed by atoms with Crippen LogP contribution in [0.2, 0.25) is 0 Å². The summed E-state index contributed by atoms with van der Waals surface area (Å²) in [6, 6.07) is 12.5. The van der Waals surface area contributed by atoms with Crippen LogP contribution in [0.4, 0.5) is 0 Å². The van der Waals surface area contributed by atoms with Gasteiger partial charge in [0.2, 0.25) is 0 Å². The van der Waals surface area contributed by atoms with Gasteiger partial charge in [0.15, 0.2) is 0 Å². The minimum Gasteiger partial charge on any atom is -0.338 e. The van der Waals surface area contributed by atoms with Crippen LogP contribution in [0.25, 0.3) is 0 Å². The summed E-state index contributed by atoms with van der Waals surface area (Å²) in [4.78, 5) is 29.6. The molecule has 7 nitrogen and oxygen atoms in total. The topological polar surface area (TPSA) is 55.8 Å². The predicted octanol–water partition coefficient (Wildman–Crippen LogP) is 5.33. The van der Waals surface area contributed by atoms with E-state index in [9.17, 15) is 4.79 Å². The van der Waals surface area contributed by atoms with Crippen molar-refractivity contribution in [2.45, 2.75) is 102 Å². The van der Waals surface area contributed by atoms with Gasteiger partial charge in [-0.15, -0.1) is 0 Å². The molecule has 1 saturated carbocycles. The molecule has 2 aromatic rings. The molecule has 0 unspecified atom stereocenters. The van der Waals surface area contributed by atoms with Gasteiger partial charge in [-0.1, -0.05) is 42.3 Å². The first-order valence-electron chi connectivity index (χ1n) is 15.9. The van der Waals surface area contributed by atoms with E-state index in [1.54, 1.807) is 6.33 Å². The van der Waals surface area contributed by atoms with Crippen LogP contribution in [0.5, 0.6) is 0 Å². The highest BCUT2D eigenvalue weighted by molar-refractivity contribution is 7.97. The fourth-order valence-corrected chi connectivity index (χ4v) is 8.51. The zero-order chi connectivity index (χ0) is 28.4. The molecule has 0 atom stereocenters. The summed E-state index contributed by atoms with van der Waals surface area (Å²) >= 11 is 2.13. The molecule has 3 saturated heterocycles. The van der Waals surface area contributed by atoms with E-state index in [1.807, 2.05) is 18.7 Å². The largest absolute Gasteiger partial charge is 0.338 e. The van der Waals surface area contributed by atoms with E-state index >= 15 is 0 Å². The van der Waals surface area contributed by atoms with Crippen LogP contribution in [-0.2, 0) is 6.54 Å². The first kappa shape index (κ1) is 29.1. The summed E-state index contributed by atoms with van der Waals surface area (Å²) in [5.41, 5.74) is 3.86. The van der Waals surface area contributed by atoms with Gasteiger partial charge >= 0.3 is 0 Å². The molecule has 8 heteroatoms. The van der Waals surface area contributed by atoms with Crippen molar-refractivity contribution in [3.8, 4) is 0 Å². The fraction of sp³-hybridized carbons (Fsp3) is 0.667. The molecular formula is C33H48N6OS. The van der Waals surface area contributed by atoms with Crippen molar-refractivity contribution >= 4 is 17.9 Å². The van der Waals surface area contributed by atoms with Crippen LogP contribution < -0.4 is 0 Å². The van der Waals surface area contributed by atoms with Crippen molar-refractivity contribution in [1.29, 1.82) is 0 Å². The number of amides is 1. The van der Waals surface area contributed by atoms with Crippen LogP contribution in [0.15, 0.2) is 36.7 Å². The molecule has 1 amide bonds. The maximum absolute atomic E-state index is 13.3. The standard InChI is InChI=1S/C33H48N6OS/c1-25-31(26(2)35-24-34-25)32(40)36-21-15-33(3,16-22-36)37-17-11-28(12-18-37)39(23-27-7-5-4-6-8-27)29-13-19-38(20-14-29)41-30-9-10-30/h4-8,24,28-30H,9-23H2,1-3H3. The lowest BCUT2D eigenvalue weighted by Crippen LogP contribution is -2.59. The number of aromatic nitrogens is 2. The zero-order valence-corrected chi connectivity index (χ0v) is 26.1. The SMILES string of the molecule is Cc1ncnc(C)c1C(=O)N1CCC(C)(N2CCC(N(Cc3ccccc3)C3CCN(SC4CC4)CC3)CC2)CC1. The van der Waals surface area contributed by atoms with E-state index in [1.165, 1.54) is 57.2 Å². The van der Waals surface area contributed by atoms with Gasteiger partial charge in [0.25, 0.3) is 5.91 Å².